The first kappa shape index (κ1) is 15.6. The Morgan fingerprint density at radius 3 is 2.43 bits per heavy atom. The van der Waals surface area contributed by atoms with E-state index in [1.807, 2.05) is 25.1 Å². The molecule has 4 nitrogen and oxygen atoms in total. The van der Waals surface area contributed by atoms with Gasteiger partial charge in [0.15, 0.2) is 0 Å². The summed E-state index contributed by atoms with van der Waals surface area (Å²) in [6.45, 7) is 2.29. The molecule has 0 saturated heterocycles. The molecule has 0 fully saturated rings. The minimum absolute atomic E-state index is 0.245. The highest BCUT2D eigenvalue weighted by molar-refractivity contribution is 6.58. The Bertz CT molecular complexity index is 644. The molecule has 2 rings (SSSR count). The van der Waals surface area contributed by atoms with E-state index in [1.165, 1.54) is 12.1 Å². The molecule has 2 aromatic carbocycles. The second-order valence-corrected chi connectivity index (χ2v) is 5.18. The minimum atomic E-state index is -1.53. The first-order valence-corrected chi connectivity index (χ1v) is 6.84. The normalized spacial score (nSPS) is 10.3. The fraction of sp³-hybridized carbons (Fsp3) is 0.133. The second kappa shape index (κ2) is 6.76. The van der Waals surface area contributed by atoms with Crippen LogP contribution in [0.4, 0.5) is 0 Å². The van der Waals surface area contributed by atoms with Crippen molar-refractivity contribution in [2.24, 2.45) is 0 Å². The van der Waals surface area contributed by atoms with Gasteiger partial charge in [-0.05, 0) is 41.7 Å². The van der Waals surface area contributed by atoms with Crippen LogP contribution in [0, 0.1) is 6.92 Å². The first-order valence-electron chi connectivity index (χ1n) is 6.46. The summed E-state index contributed by atoms with van der Waals surface area (Å²) in [5.41, 5.74) is 2.70. The van der Waals surface area contributed by atoms with Crippen molar-refractivity contribution in [1.29, 1.82) is 0 Å². The molecule has 2 aromatic rings. The number of benzene rings is 2. The van der Waals surface area contributed by atoms with E-state index in [1.54, 1.807) is 12.1 Å². The molecule has 0 aliphatic carbocycles. The molecule has 21 heavy (non-hydrogen) atoms. The molecule has 0 aliphatic rings. The lowest BCUT2D eigenvalue weighted by Gasteiger charge is -2.08. The fourth-order valence-corrected chi connectivity index (χ4v) is 2.18. The Hall–Kier alpha value is -1.82. The Labute approximate surface area is 128 Å². The molecule has 0 atom stereocenters. The van der Waals surface area contributed by atoms with Gasteiger partial charge in [-0.25, -0.2) is 0 Å². The van der Waals surface area contributed by atoms with Gasteiger partial charge in [0.2, 0.25) is 0 Å². The highest BCUT2D eigenvalue weighted by atomic mass is 35.5. The molecule has 0 unspecified atom stereocenters. The predicted molar refractivity (Wildman–Crippen MR) is 83.6 cm³/mol. The first-order chi connectivity index (χ1) is 9.97. The van der Waals surface area contributed by atoms with Crippen LogP contribution in [0.2, 0.25) is 5.02 Å². The number of halogens is 1. The maximum absolute atomic E-state index is 12.0. The summed E-state index contributed by atoms with van der Waals surface area (Å²) in [6, 6.07) is 11.7. The number of nitrogens with one attached hydrogen (secondary N) is 1. The van der Waals surface area contributed by atoms with Crippen LogP contribution >= 0.6 is 11.6 Å². The van der Waals surface area contributed by atoms with Gasteiger partial charge in [0.25, 0.3) is 5.91 Å². The zero-order valence-corrected chi connectivity index (χ0v) is 12.3. The number of carbonyl (C=O) groups excluding carboxylic acids is 1. The van der Waals surface area contributed by atoms with Gasteiger partial charge in [0, 0.05) is 17.1 Å². The Morgan fingerprint density at radius 2 is 1.86 bits per heavy atom. The molecule has 1 amide bonds. The van der Waals surface area contributed by atoms with Gasteiger partial charge >= 0.3 is 7.12 Å². The fourth-order valence-electron chi connectivity index (χ4n) is 1.88. The smallest absolute Gasteiger partial charge is 0.423 e. The third kappa shape index (κ3) is 4.08. The maximum atomic E-state index is 12.0. The molecule has 6 heteroatoms. The Balaban J connectivity index is 2.01. The standard InChI is InChI=1S/C15H15BClNO3/c1-10-2-3-12(14(17)8-10)9-18-15(19)11-4-6-13(7-5-11)16(20)21/h2-8,20-21H,9H2,1H3,(H,18,19). The van der Waals surface area contributed by atoms with Crippen LogP contribution in [-0.4, -0.2) is 23.1 Å². The molecule has 0 spiro atoms. The monoisotopic (exact) mass is 303 g/mol. The number of carbonyl (C=O) groups is 1. The van der Waals surface area contributed by atoms with Crippen LogP contribution in [0.1, 0.15) is 21.5 Å². The summed E-state index contributed by atoms with van der Waals surface area (Å²) >= 11 is 6.11. The summed E-state index contributed by atoms with van der Waals surface area (Å²) in [5, 5.41) is 21.4. The number of hydrogen-bond acceptors (Lipinski definition) is 3. The zero-order valence-electron chi connectivity index (χ0n) is 11.5. The van der Waals surface area contributed by atoms with Crippen LogP contribution in [0.3, 0.4) is 0 Å². The molecule has 108 valence electrons. The van der Waals surface area contributed by atoms with Crippen molar-refractivity contribution in [2.45, 2.75) is 13.5 Å². The molecule has 0 bridgehead atoms. The maximum Gasteiger partial charge on any atom is 0.488 e. The van der Waals surface area contributed by atoms with Crippen LogP contribution in [0.15, 0.2) is 42.5 Å². The predicted octanol–water partition coefficient (Wildman–Crippen LogP) is 1.26. The highest BCUT2D eigenvalue weighted by Crippen LogP contribution is 2.17. The van der Waals surface area contributed by atoms with Gasteiger partial charge in [-0.15, -0.1) is 0 Å². The summed E-state index contributed by atoms with van der Waals surface area (Å²) in [5.74, 6) is -0.245. The van der Waals surface area contributed by atoms with Gasteiger partial charge < -0.3 is 15.4 Å². The molecular weight excluding hydrogens is 288 g/mol. The molecule has 0 saturated carbocycles. The Morgan fingerprint density at radius 1 is 1.19 bits per heavy atom. The molecular formula is C15H15BClNO3. The van der Waals surface area contributed by atoms with Gasteiger partial charge in [0.1, 0.15) is 0 Å². The van der Waals surface area contributed by atoms with Crippen molar-refractivity contribution >= 4 is 30.1 Å². The number of aryl methyl sites for hydroxylation is 1. The molecule has 0 heterocycles. The van der Waals surface area contributed by atoms with Crippen LogP contribution in [0.25, 0.3) is 0 Å². The van der Waals surface area contributed by atoms with Crippen molar-refractivity contribution in [1.82, 2.24) is 5.32 Å². The number of hydrogen-bond donors (Lipinski definition) is 3. The molecule has 0 radical (unpaired) electrons. The quantitative estimate of drug-likeness (QED) is 0.745. The van der Waals surface area contributed by atoms with E-state index in [2.05, 4.69) is 5.32 Å². The molecule has 3 N–H and O–H groups in total. The van der Waals surface area contributed by atoms with Crippen molar-refractivity contribution in [3.8, 4) is 0 Å². The second-order valence-electron chi connectivity index (χ2n) is 4.77. The van der Waals surface area contributed by atoms with E-state index in [0.717, 1.165) is 11.1 Å². The molecule has 0 aliphatic heterocycles. The summed E-state index contributed by atoms with van der Waals surface area (Å²) in [6.07, 6.45) is 0. The summed E-state index contributed by atoms with van der Waals surface area (Å²) < 4.78 is 0. The Kier molecular flexibility index (Phi) is 5.01. The lowest BCUT2D eigenvalue weighted by molar-refractivity contribution is 0.0951. The van der Waals surface area contributed by atoms with Crippen molar-refractivity contribution in [3.63, 3.8) is 0 Å². The molecule has 0 aromatic heterocycles. The van der Waals surface area contributed by atoms with Gasteiger partial charge in [-0.3, -0.25) is 4.79 Å². The van der Waals surface area contributed by atoms with Crippen LogP contribution in [0.5, 0.6) is 0 Å². The van der Waals surface area contributed by atoms with Gasteiger partial charge in [0.05, 0.1) is 0 Å². The topological polar surface area (TPSA) is 69.6 Å². The lowest BCUT2D eigenvalue weighted by Crippen LogP contribution is -2.30. The summed E-state index contributed by atoms with van der Waals surface area (Å²) in [4.78, 5) is 12.0. The van der Waals surface area contributed by atoms with Crippen LogP contribution < -0.4 is 10.8 Å². The summed E-state index contributed by atoms with van der Waals surface area (Å²) in [7, 11) is -1.53. The number of rotatable bonds is 4. The SMILES string of the molecule is Cc1ccc(CNC(=O)c2ccc(B(O)O)cc2)c(Cl)c1. The third-order valence-corrected chi connectivity index (χ3v) is 3.47. The van der Waals surface area contributed by atoms with Crippen molar-refractivity contribution in [2.75, 3.05) is 0 Å². The van der Waals surface area contributed by atoms with E-state index in [0.29, 0.717) is 22.6 Å². The van der Waals surface area contributed by atoms with Gasteiger partial charge in [-0.1, -0.05) is 35.9 Å². The average Bonchev–Trinajstić information content (AvgIpc) is 2.46. The third-order valence-electron chi connectivity index (χ3n) is 3.12. The van der Waals surface area contributed by atoms with Crippen molar-refractivity contribution < 1.29 is 14.8 Å². The van der Waals surface area contributed by atoms with E-state index < -0.39 is 7.12 Å². The van der Waals surface area contributed by atoms with E-state index in [9.17, 15) is 4.79 Å². The van der Waals surface area contributed by atoms with Crippen LogP contribution in [-0.2, 0) is 6.54 Å². The minimum Gasteiger partial charge on any atom is -0.423 e. The van der Waals surface area contributed by atoms with Crippen molar-refractivity contribution in [3.05, 3.63) is 64.2 Å². The largest absolute Gasteiger partial charge is 0.488 e. The van der Waals surface area contributed by atoms with E-state index in [4.69, 9.17) is 21.6 Å². The average molecular weight is 304 g/mol. The van der Waals surface area contributed by atoms with E-state index >= 15 is 0 Å². The van der Waals surface area contributed by atoms with Gasteiger partial charge in [-0.2, -0.15) is 0 Å². The lowest BCUT2D eigenvalue weighted by atomic mass is 9.80. The number of amides is 1. The zero-order chi connectivity index (χ0) is 15.4. The van der Waals surface area contributed by atoms with E-state index in [-0.39, 0.29) is 5.91 Å². The highest BCUT2D eigenvalue weighted by Gasteiger charge is 2.12.